The summed E-state index contributed by atoms with van der Waals surface area (Å²) in [5.41, 5.74) is 9.78. The Labute approximate surface area is 184 Å². The molecule has 0 aliphatic carbocycles. The van der Waals surface area contributed by atoms with Gasteiger partial charge in [0.1, 0.15) is 6.04 Å². The lowest BCUT2D eigenvalue weighted by molar-refractivity contribution is -0.140. The van der Waals surface area contributed by atoms with Crippen LogP contribution in [0.1, 0.15) is 23.2 Å². The largest absolute Gasteiger partial charge is 0.481 e. The first-order chi connectivity index (χ1) is 15.0. The Balaban J connectivity index is 2.08. The lowest BCUT2D eigenvalue weighted by atomic mass is 10.1. The van der Waals surface area contributed by atoms with Gasteiger partial charge in [0.15, 0.2) is 11.5 Å². The summed E-state index contributed by atoms with van der Waals surface area (Å²) < 4.78 is 0. The fourth-order valence-electron chi connectivity index (χ4n) is 2.42. The number of aromatic amines is 1. The van der Waals surface area contributed by atoms with Gasteiger partial charge in [-0.3, -0.25) is 24.7 Å². The van der Waals surface area contributed by atoms with E-state index in [9.17, 15) is 24.0 Å². The number of anilines is 4. The van der Waals surface area contributed by atoms with E-state index in [0.717, 1.165) is 6.07 Å². The van der Waals surface area contributed by atoms with Crippen molar-refractivity contribution in [3.63, 3.8) is 0 Å². The maximum atomic E-state index is 12.3. The van der Waals surface area contributed by atoms with Gasteiger partial charge >= 0.3 is 18.0 Å². The number of carbonyl (C=O) groups excluding carboxylic acids is 2. The van der Waals surface area contributed by atoms with Gasteiger partial charge < -0.3 is 32.3 Å². The number of carboxylic acid groups (broad SMARTS) is 2. The molecule has 0 bridgehead atoms. The van der Waals surface area contributed by atoms with Crippen molar-refractivity contribution >= 4 is 58.6 Å². The molecule has 15 heteroatoms. The van der Waals surface area contributed by atoms with Gasteiger partial charge in [0.05, 0.1) is 10.7 Å². The monoisotopic (exact) mass is 467 g/mol. The van der Waals surface area contributed by atoms with Crippen LogP contribution >= 0.6 is 11.6 Å². The number of hydrogen-bond donors (Lipinski definition) is 8. The molecule has 2 aromatic rings. The Kier molecular flexibility index (Phi) is 7.57. The zero-order valence-electron chi connectivity index (χ0n) is 16.1. The summed E-state index contributed by atoms with van der Waals surface area (Å²) >= 11 is 6.07. The number of nitrogen functional groups attached to an aromatic ring is 2. The third kappa shape index (κ3) is 6.33. The highest BCUT2D eigenvalue weighted by Gasteiger charge is 2.22. The van der Waals surface area contributed by atoms with Crippen molar-refractivity contribution in [1.29, 1.82) is 0 Å². The number of halogens is 1. The Morgan fingerprint density at radius 3 is 2.41 bits per heavy atom. The van der Waals surface area contributed by atoms with E-state index in [4.69, 9.17) is 33.3 Å². The number of nitrogens with two attached hydrogens (primary N) is 2. The SMILES string of the molecule is Nc1nc(N)c(NC(=O)Nc2ccc(C(=O)N[C@@H](CCC(=O)O)C(=O)O)cc2Cl)c(=O)[nH]1. The summed E-state index contributed by atoms with van der Waals surface area (Å²) in [6.45, 7) is 0. The van der Waals surface area contributed by atoms with Crippen molar-refractivity contribution in [2.75, 3.05) is 22.1 Å². The minimum absolute atomic E-state index is 0.0362. The second kappa shape index (κ2) is 10.1. The van der Waals surface area contributed by atoms with Crippen LogP contribution < -0.4 is 33.0 Å². The highest BCUT2D eigenvalue weighted by molar-refractivity contribution is 6.34. The van der Waals surface area contributed by atoms with E-state index in [1.165, 1.54) is 12.1 Å². The van der Waals surface area contributed by atoms with Crippen LogP contribution in [0.25, 0.3) is 0 Å². The Morgan fingerprint density at radius 2 is 1.84 bits per heavy atom. The number of urea groups is 1. The second-order valence-corrected chi connectivity index (χ2v) is 6.69. The zero-order chi connectivity index (χ0) is 24.0. The standard InChI is InChI=1S/C17H18ClN7O7/c18-7-5-6(13(28)21-9(15(30)31)3-4-10(26)27)1-2-8(7)22-17(32)23-11-12(19)24-16(20)25-14(11)29/h1-2,5,9H,3-4H2,(H,21,28)(H,26,27)(H,30,31)(H2,22,23,32)(H5,19,20,24,25,29)/t9-/m0/s1. The van der Waals surface area contributed by atoms with Crippen molar-refractivity contribution in [3.8, 4) is 0 Å². The van der Waals surface area contributed by atoms with Crippen LogP contribution in [0.2, 0.25) is 5.02 Å². The smallest absolute Gasteiger partial charge is 0.326 e. The number of carbonyl (C=O) groups is 4. The van der Waals surface area contributed by atoms with Crippen LogP contribution in [0.5, 0.6) is 0 Å². The fraction of sp³-hybridized carbons (Fsp3) is 0.176. The molecule has 10 N–H and O–H groups in total. The predicted molar refractivity (Wildman–Crippen MR) is 114 cm³/mol. The van der Waals surface area contributed by atoms with E-state index in [0.29, 0.717) is 0 Å². The fourth-order valence-corrected chi connectivity index (χ4v) is 2.65. The number of benzene rings is 1. The number of rotatable bonds is 8. The number of carboxylic acids is 2. The maximum absolute atomic E-state index is 12.3. The third-order valence-electron chi connectivity index (χ3n) is 3.93. The molecule has 0 fully saturated rings. The third-order valence-corrected chi connectivity index (χ3v) is 4.25. The molecule has 2 rings (SSSR count). The summed E-state index contributed by atoms with van der Waals surface area (Å²) in [5, 5.41) is 24.4. The number of hydrogen-bond acceptors (Lipinski definition) is 8. The number of aromatic nitrogens is 2. The van der Waals surface area contributed by atoms with E-state index in [-0.39, 0.29) is 40.1 Å². The molecule has 0 spiro atoms. The van der Waals surface area contributed by atoms with Gasteiger partial charge in [0, 0.05) is 12.0 Å². The van der Waals surface area contributed by atoms with E-state index >= 15 is 0 Å². The van der Waals surface area contributed by atoms with E-state index < -0.39 is 41.9 Å². The van der Waals surface area contributed by atoms with Crippen molar-refractivity contribution in [2.45, 2.75) is 18.9 Å². The summed E-state index contributed by atoms with van der Waals surface area (Å²) in [7, 11) is 0. The molecule has 14 nitrogen and oxygen atoms in total. The summed E-state index contributed by atoms with van der Waals surface area (Å²) in [6, 6.07) is 1.36. The van der Waals surface area contributed by atoms with Gasteiger partial charge in [-0.1, -0.05) is 11.6 Å². The minimum atomic E-state index is -1.42. The normalized spacial score (nSPS) is 11.3. The average Bonchev–Trinajstić information content (AvgIpc) is 2.68. The Morgan fingerprint density at radius 1 is 1.16 bits per heavy atom. The number of aliphatic carboxylic acids is 2. The minimum Gasteiger partial charge on any atom is -0.481 e. The topological polar surface area (TPSA) is 243 Å². The van der Waals surface area contributed by atoms with Gasteiger partial charge in [-0.2, -0.15) is 4.98 Å². The van der Waals surface area contributed by atoms with Crippen molar-refractivity contribution in [2.24, 2.45) is 0 Å². The number of H-pyrrole nitrogens is 1. The van der Waals surface area contributed by atoms with Gasteiger partial charge in [-0.25, -0.2) is 9.59 Å². The van der Waals surface area contributed by atoms with E-state index in [1.54, 1.807) is 0 Å². The van der Waals surface area contributed by atoms with Gasteiger partial charge in [-0.15, -0.1) is 0 Å². The molecule has 32 heavy (non-hydrogen) atoms. The average molecular weight is 468 g/mol. The Bertz CT molecular complexity index is 1130. The summed E-state index contributed by atoms with van der Waals surface area (Å²) in [6.07, 6.45) is -0.765. The molecule has 1 heterocycles. The van der Waals surface area contributed by atoms with Gasteiger partial charge in [-0.05, 0) is 24.6 Å². The first kappa shape index (κ1) is 23.9. The first-order valence-electron chi connectivity index (χ1n) is 8.76. The van der Waals surface area contributed by atoms with Crippen molar-refractivity contribution in [1.82, 2.24) is 15.3 Å². The molecular weight excluding hydrogens is 450 g/mol. The molecule has 0 aliphatic heterocycles. The lowest BCUT2D eigenvalue weighted by Gasteiger charge is -2.14. The van der Waals surface area contributed by atoms with Gasteiger partial charge in [0.2, 0.25) is 5.95 Å². The molecule has 3 amide bonds. The quantitative estimate of drug-likeness (QED) is 0.263. The molecule has 1 aromatic heterocycles. The van der Waals surface area contributed by atoms with Crippen LogP contribution in [-0.2, 0) is 9.59 Å². The van der Waals surface area contributed by atoms with Crippen molar-refractivity contribution in [3.05, 3.63) is 39.1 Å². The van der Waals surface area contributed by atoms with Crippen LogP contribution in [0, 0.1) is 0 Å². The molecule has 0 aliphatic rings. The zero-order valence-corrected chi connectivity index (χ0v) is 16.9. The second-order valence-electron chi connectivity index (χ2n) is 6.28. The van der Waals surface area contributed by atoms with Crippen molar-refractivity contribution < 1.29 is 29.4 Å². The molecule has 0 radical (unpaired) electrons. The highest BCUT2D eigenvalue weighted by atomic mass is 35.5. The molecular formula is C17H18ClN7O7. The molecule has 0 saturated carbocycles. The number of nitrogens with zero attached hydrogens (tertiary/aromatic N) is 1. The van der Waals surface area contributed by atoms with E-state index in [2.05, 4.69) is 25.9 Å². The van der Waals surface area contributed by atoms with Crippen LogP contribution in [0.15, 0.2) is 23.0 Å². The van der Waals surface area contributed by atoms with Crippen LogP contribution in [-0.4, -0.2) is 50.1 Å². The van der Waals surface area contributed by atoms with E-state index in [1.807, 2.05) is 0 Å². The highest BCUT2D eigenvalue weighted by Crippen LogP contribution is 2.23. The molecule has 0 saturated heterocycles. The summed E-state index contributed by atoms with van der Waals surface area (Å²) in [4.78, 5) is 63.8. The molecule has 1 atom stereocenters. The maximum Gasteiger partial charge on any atom is 0.326 e. The lowest BCUT2D eigenvalue weighted by Crippen LogP contribution is -2.41. The number of nitrogens with one attached hydrogen (secondary N) is 4. The molecule has 1 aromatic carbocycles. The number of amides is 3. The molecule has 170 valence electrons. The first-order valence-corrected chi connectivity index (χ1v) is 9.14. The van der Waals surface area contributed by atoms with Crippen LogP contribution in [0.3, 0.4) is 0 Å². The van der Waals surface area contributed by atoms with Crippen LogP contribution in [0.4, 0.5) is 27.9 Å². The molecule has 0 unspecified atom stereocenters. The Hall–Kier alpha value is -4.33. The predicted octanol–water partition coefficient (Wildman–Crippen LogP) is 0.279. The van der Waals surface area contributed by atoms with Gasteiger partial charge in [0.25, 0.3) is 11.5 Å². The summed E-state index contributed by atoms with van der Waals surface area (Å²) in [5.74, 6) is -3.96.